The molecule has 0 aliphatic heterocycles. The highest BCUT2D eigenvalue weighted by Gasteiger charge is 2.28. The summed E-state index contributed by atoms with van der Waals surface area (Å²) in [7, 11) is -4.75. The largest absolute Gasteiger partial charge is 0.472 e. The number of unbranched alkanes of at least 4 members (excludes halogenated alkanes) is 27. The van der Waals surface area contributed by atoms with Crippen LogP contribution >= 0.6 is 7.82 Å². The number of phosphoric ester groups is 1. The summed E-state index contributed by atoms with van der Waals surface area (Å²) >= 11 is 0. The van der Waals surface area contributed by atoms with E-state index in [0.29, 0.717) is 19.3 Å². The van der Waals surface area contributed by atoms with E-state index < -0.39 is 57.8 Å². The number of hydrogen-bond acceptors (Lipinski definition) is 10. The van der Waals surface area contributed by atoms with Crippen LogP contribution in [-0.2, 0) is 42.2 Å². The molecule has 3 unspecified atom stereocenters. The minimum atomic E-state index is -4.75. The fourth-order valence-corrected chi connectivity index (χ4v) is 8.77. The number of esters is 3. The minimum absolute atomic E-state index is 0.152. The van der Waals surface area contributed by atoms with Crippen LogP contribution in [0.2, 0.25) is 0 Å². The molecule has 0 aromatic carbocycles. The number of aliphatic hydroxyl groups excluding tert-OH is 1. The Hall–Kier alpha value is -2.82. The topological polar surface area (TPSA) is 155 Å². The molecule has 72 heavy (non-hydrogen) atoms. The van der Waals surface area contributed by atoms with Crippen molar-refractivity contribution in [1.29, 1.82) is 0 Å². The fraction of sp³-hybridized carbons (Fsp3) is 0.783. The summed E-state index contributed by atoms with van der Waals surface area (Å²) in [5.41, 5.74) is 0. The molecular weight excluding hydrogens is 928 g/mol. The van der Waals surface area contributed by atoms with E-state index in [4.69, 9.17) is 23.3 Å². The van der Waals surface area contributed by atoms with Crippen LogP contribution in [-0.4, -0.2) is 66.5 Å². The first kappa shape index (κ1) is 69.2. The molecule has 0 saturated heterocycles. The van der Waals surface area contributed by atoms with Crippen molar-refractivity contribution in [3.05, 3.63) is 60.8 Å². The van der Waals surface area contributed by atoms with Gasteiger partial charge >= 0.3 is 25.7 Å². The van der Waals surface area contributed by atoms with Gasteiger partial charge in [0.05, 0.1) is 19.8 Å². The molecule has 418 valence electrons. The first-order valence-corrected chi connectivity index (χ1v) is 30.7. The van der Waals surface area contributed by atoms with Gasteiger partial charge in [-0.2, -0.15) is 0 Å². The summed E-state index contributed by atoms with van der Waals surface area (Å²) < 4.78 is 39.5. The number of carbonyl (C=O) groups excluding carboxylic acids is 3. The summed E-state index contributed by atoms with van der Waals surface area (Å²) in [6, 6.07) is 0. The van der Waals surface area contributed by atoms with Gasteiger partial charge in [0.25, 0.3) is 0 Å². The lowest BCUT2D eigenvalue weighted by Crippen LogP contribution is -2.30. The summed E-state index contributed by atoms with van der Waals surface area (Å²) in [4.78, 5) is 48.5. The van der Waals surface area contributed by atoms with Crippen molar-refractivity contribution in [2.75, 3.05) is 26.4 Å². The number of aliphatic hydroxyl groups is 1. The highest BCUT2D eigenvalue weighted by molar-refractivity contribution is 7.47. The lowest BCUT2D eigenvalue weighted by Gasteiger charge is -2.21. The fourth-order valence-electron chi connectivity index (χ4n) is 7.99. The van der Waals surface area contributed by atoms with E-state index in [1.54, 1.807) is 0 Å². The summed E-state index contributed by atoms with van der Waals surface area (Å²) in [5.74, 6) is -1.49. The third kappa shape index (κ3) is 52.1. The Morgan fingerprint density at radius 2 is 0.722 bits per heavy atom. The number of allylic oxidation sites excluding steroid dienone is 10. The van der Waals surface area contributed by atoms with E-state index in [9.17, 15) is 28.9 Å². The Bertz CT molecular complexity index is 1440. The summed E-state index contributed by atoms with van der Waals surface area (Å²) in [6.45, 7) is 4.51. The van der Waals surface area contributed by atoms with E-state index in [1.165, 1.54) is 96.3 Å². The van der Waals surface area contributed by atoms with E-state index in [0.717, 1.165) is 109 Å². The van der Waals surface area contributed by atoms with E-state index in [-0.39, 0.29) is 25.9 Å². The van der Waals surface area contributed by atoms with Gasteiger partial charge in [0.1, 0.15) is 12.7 Å². The van der Waals surface area contributed by atoms with Gasteiger partial charge in [-0.05, 0) is 83.5 Å². The lowest BCUT2D eigenvalue weighted by molar-refractivity contribution is -0.161. The van der Waals surface area contributed by atoms with Gasteiger partial charge in [0.2, 0.25) is 0 Å². The molecule has 0 saturated carbocycles. The molecule has 0 aromatic heterocycles. The third-order valence-corrected chi connectivity index (χ3v) is 13.4. The van der Waals surface area contributed by atoms with Crippen molar-refractivity contribution in [2.24, 2.45) is 0 Å². The molecule has 0 aromatic rings. The summed E-state index contributed by atoms with van der Waals surface area (Å²) in [5, 5.41) is 9.81. The molecule has 0 fully saturated rings. The van der Waals surface area contributed by atoms with Crippen LogP contribution in [0.1, 0.15) is 265 Å². The quantitative estimate of drug-likeness (QED) is 0.0197. The maximum absolute atomic E-state index is 12.9. The van der Waals surface area contributed by atoms with Crippen molar-refractivity contribution in [2.45, 2.75) is 277 Å². The van der Waals surface area contributed by atoms with Crippen molar-refractivity contribution in [1.82, 2.24) is 0 Å². The Morgan fingerprint density at radius 3 is 1.12 bits per heavy atom. The molecule has 0 rings (SSSR count). The molecule has 0 heterocycles. The van der Waals surface area contributed by atoms with Crippen LogP contribution in [0.5, 0.6) is 0 Å². The van der Waals surface area contributed by atoms with Crippen LogP contribution < -0.4 is 0 Å². The normalized spacial score (nSPS) is 13.8. The Balaban J connectivity index is 4.76. The number of carbonyl (C=O) groups is 3. The number of phosphoric acid groups is 1. The molecule has 0 amide bonds. The van der Waals surface area contributed by atoms with E-state index >= 15 is 0 Å². The average molecular weight is 1040 g/mol. The van der Waals surface area contributed by atoms with E-state index in [1.807, 2.05) is 0 Å². The molecular formula is C60H107O11P. The van der Waals surface area contributed by atoms with Crippen LogP contribution in [0.15, 0.2) is 60.8 Å². The first-order chi connectivity index (χ1) is 35.2. The Morgan fingerprint density at radius 1 is 0.403 bits per heavy atom. The second-order valence-electron chi connectivity index (χ2n) is 19.4. The predicted molar refractivity (Wildman–Crippen MR) is 298 cm³/mol. The van der Waals surface area contributed by atoms with Gasteiger partial charge in [0, 0.05) is 19.3 Å². The smallest absolute Gasteiger partial charge is 0.462 e. The maximum atomic E-state index is 12.9. The van der Waals surface area contributed by atoms with Crippen molar-refractivity contribution < 1.29 is 52.2 Å². The molecule has 12 heteroatoms. The van der Waals surface area contributed by atoms with Gasteiger partial charge < -0.3 is 24.2 Å². The molecule has 0 spiro atoms. The molecule has 3 atom stereocenters. The van der Waals surface area contributed by atoms with Gasteiger partial charge in [-0.25, -0.2) is 4.57 Å². The minimum Gasteiger partial charge on any atom is -0.462 e. The number of ether oxygens (including phenoxy) is 3. The predicted octanol–water partition coefficient (Wildman–Crippen LogP) is 17.1. The highest BCUT2D eigenvalue weighted by atomic mass is 31.2. The van der Waals surface area contributed by atoms with E-state index in [2.05, 4.69) is 81.5 Å². The maximum Gasteiger partial charge on any atom is 0.472 e. The lowest BCUT2D eigenvalue weighted by atomic mass is 10.0. The van der Waals surface area contributed by atoms with Crippen molar-refractivity contribution in [3.63, 3.8) is 0 Å². The van der Waals surface area contributed by atoms with Gasteiger partial charge in [-0.15, -0.1) is 0 Å². The second kappa shape index (κ2) is 54.4. The third-order valence-electron chi connectivity index (χ3n) is 12.4. The van der Waals surface area contributed by atoms with Gasteiger partial charge in [-0.3, -0.25) is 23.4 Å². The Kier molecular flexibility index (Phi) is 52.3. The zero-order chi connectivity index (χ0) is 52.7. The molecule has 2 N–H and O–H groups in total. The Labute approximate surface area is 440 Å². The zero-order valence-corrected chi connectivity index (χ0v) is 47.0. The second-order valence-corrected chi connectivity index (χ2v) is 20.9. The highest BCUT2D eigenvalue weighted by Crippen LogP contribution is 2.43. The van der Waals surface area contributed by atoms with Crippen LogP contribution in [0.3, 0.4) is 0 Å². The van der Waals surface area contributed by atoms with Crippen LogP contribution in [0.4, 0.5) is 0 Å². The molecule has 0 aliphatic rings. The zero-order valence-electron chi connectivity index (χ0n) is 46.1. The van der Waals surface area contributed by atoms with Crippen LogP contribution in [0, 0.1) is 0 Å². The molecule has 11 nitrogen and oxygen atoms in total. The summed E-state index contributed by atoms with van der Waals surface area (Å²) in [6.07, 6.45) is 58.9. The average Bonchev–Trinajstić information content (AvgIpc) is 3.37. The monoisotopic (exact) mass is 1030 g/mol. The molecule has 0 radical (unpaired) electrons. The molecule has 0 aliphatic carbocycles. The number of rotatable bonds is 54. The standard InChI is InChI=1S/C60H107O11P/c1-4-7-10-13-16-19-22-25-27-28-30-32-34-37-40-43-46-49-58(62)67-53-57(71-60(64)51-48-45-42-39-36-33-29-26-23-20-17-14-11-8-5-2)55-69-72(65,66)68-54-56(52-61)70-59(63)50-47-44-41-38-35-31-24-21-18-15-12-9-6-3/h7,10,16,19,25-27,29-30,32,56-57,61H,4-6,8-9,11-15,17-18,20-24,28,31,33-55H2,1-3H3,(H,65,66)/b10-7-,19-16-,27-25-,29-26-,32-30-. The van der Waals surface area contributed by atoms with Crippen LogP contribution in [0.25, 0.3) is 0 Å². The SMILES string of the molecule is CC/C=C\C/C=C\C/C=C\C/C=C\CCCCCCC(=O)OCC(COP(=O)(O)OCC(CO)OC(=O)CCCCCCCCCCCCCCC)OC(=O)CCCCCCC/C=C\CCCCCCCC. The van der Waals surface area contributed by atoms with Gasteiger partial charge in [0.15, 0.2) is 6.10 Å². The van der Waals surface area contributed by atoms with Crippen molar-refractivity contribution in [3.8, 4) is 0 Å². The van der Waals surface area contributed by atoms with Gasteiger partial charge in [-0.1, -0.05) is 223 Å². The molecule has 0 bridgehead atoms. The number of hydrogen-bond donors (Lipinski definition) is 2. The first-order valence-electron chi connectivity index (χ1n) is 29.2. The van der Waals surface area contributed by atoms with Crippen molar-refractivity contribution >= 4 is 25.7 Å².